The molecular formula is C23H27FN2O3. The number of methoxy groups -OCH3 is 1. The first-order valence-corrected chi connectivity index (χ1v) is 9.98. The fourth-order valence-electron chi connectivity index (χ4n) is 3.55. The third-order valence-corrected chi connectivity index (χ3v) is 5.28. The van der Waals surface area contributed by atoms with Crippen LogP contribution >= 0.6 is 0 Å². The second kappa shape index (κ2) is 10.0. The zero-order chi connectivity index (χ0) is 20.6. The maximum Gasteiger partial charge on any atom is 0.227 e. The van der Waals surface area contributed by atoms with E-state index in [0.717, 1.165) is 17.7 Å². The lowest BCUT2D eigenvalue weighted by molar-refractivity contribution is -0.133. The quantitative estimate of drug-likeness (QED) is 0.752. The molecule has 2 aromatic carbocycles. The first-order chi connectivity index (χ1) is 14.1. The van der Waals surface area contributed by atoms with Crippen LogP contribution in [-0.4, -0.2) is 54.9 Å². The Kier molecular flexibility index (Phi) is 7.22. The van der Waals surface area contributed by atoms with Gasteiger partial charge in [-0.25, -0.2) is 4.39 Å². The van der Waals surface area contributed by atoms with E-state index >= 15 is 0 Å². The summed E-state index contributed by atoms with van der Waals surface area (Å²) in [6.45, 7) is 2.32. The zero-order valence-corrected chi connectivity index (χ0v) is 16.8. The monoisotopic (exact) mass is 398 g/mol. The fraction of sp³-hybridized carbons (Fsp3) is 0.391. The molecule has 6 heteroatoms. The number of carbonyl (C=O) groups excluding carboxylic acids is 2. The van der Waals surface area contributed by atoms with Crippen LogP contribution in [0.2, 0.25) is 0 Å². The third kappa shape index (κ3) is 5.79. The predicted molar refractivity (Wildman–Crippen MR) is 109 cm³/mol. The molecule has 5 nitrogen and oxygen atoms in total. The van der Waals surface area contributed by atoms with Crippen molar-refractivity contribution < 1.29 is 18.7 Å². The van der Waals surface area contributed by atoms with Crippen molar-refractivity contribution in [2.24, 2.45) is 0 Å². The van der Waals surface area contributed by atoms with Gasteiger partial charge >= 0.3 is 0 Å². The van der Waals surface area contributed by atoms with Crippen LogP contribution in [0.3, 0.4) is 0 Å². The molecule has 0 aromatic heterocycles. The summed E-state index contributed by atoms with van der Waals surface area (Å²) in [6, 6.07) is 14.0. The Labute approximate surface area is 171 Å². The highest BCUT2D eigenvalue weighted by Gasteiger charge is 2.22. The molecule has 3 rings (SSSR count). The summed E-state index contributed by atoms with van der Waals surface area (Å²) < 4.78 is 18.9. The van der Waals surface area contributed by atoms with Crippen LogP contribution in [0.25, 0.3) is 0 Å². The molecule has 0 N–H and O–H groups in total. The van der Waals surface area contributed by atoms with Gasteiger partial charge in [-0.05, 0) is 42.2 Å². The van der Waals surface area contributed by atoms with Crippen molar-refractivity contribution in [2.75, 3.05) is 33.3 Å². The summed E-state index contributed by atoms with van der Waals surface area (Å²) in [7, 11) is 1.61. The Hall–Kier alpha value is -2.89. The number of benzene rings is 2. The van der Waals surface area contributed by atoms with Gasteiger partial charge in [0.25, 0.3) is 0 Å². The third-order valence-electron chi connectivity index (χ3n) is 5.28. The summed E-state index contributed by atoms with van der Waals surface area (Å²) in [4.78, 5) is 28.8. The number of carbonyl (C=O) groups is 2. The number of hydrogen-bond acceptors (Lipinski definition) is 3. The first kappa shape index (κ1) is 20.8. The van der Waals surface area contributed by atoms with Crippen molar-refractivity contribution in [3.8, 4) is 5.75 Å². The van der Waals surface area contributed by atoms with Gasteiger partial charge in [-0.15, -0.1) is 0 Å². The second-order valence-corrected chi connectivity index (χ2v) is 7.23. The largest absolute Gasteiger partial charge is 0.497 e. The van der Waals surface area contributed by atoms with E-state index in [4.69, 9.17) is 4.74 Å². The Bertz CT molecular complexity index is 838. The lowest BCUT2D eigenvalue weighted by atomic mass is 10.1. The highest BCUT2D eigenvalue weighted by Crippen LogP contribution is 2.14. The molecule has 0 atom stereocenters. The van der Waals surface area contributed by atoms with Gasteiger partial charge < -0.3 is 14.5 Å². The molecule has 0 spiro atoms. The number of halogens is 1. The first-order valence-electron chi connectivity index (χ1n) is 9.98. The van der Waals surface area contributed by atoms with Crippen LogP contribution in [-0.2, 0) is 22.4 Å². The lowest BCUT2D eigenvalue weighted by Crippen LogP contribution is -2.38. The van der Waals surface area contributed by atoms with Crippen LogP contribution in [0.5, 0.6) is 5.75 Å². The maximum absolute atomic E-state index is 13.7. The van der Waals surface area contributed by atoms with Crippen molar-refractivity contribution in [1.82, 2.24) is 9.80 Å². The van der Waals surface area contributed by atoms with Gasteiger partial charge in [0.1, 0.15) is 11.6 Å². The number of nitrogens with zero attached hydrogens (tertiary/aromatic N) is 2. The van der Waals surface area contributed by atoms with Crippen LogP contribution in [0.4, 0.5) is 4.39 Å². The van der Waals surface area contributed by atoms with Gasteiger partial charge in [0.2, 0.25) is 11.8 Å². The Morgan fingerprint density at radius 2 is 1.59 bits per heavy atom. The molecule has 0 saturated carbocycles. The summed E-state index contributed by atoms with van der Waals surface area (Å²) >= 11 is 0. The van der Waals surface area contributed by atoms with Crippen LogP contribution in [0, 0.1) is 5.82 Å². The van der Waals surface area contributed by atoms with E-state index < -0.39 is 0 Å². The number of hydrogen-bond donors (Lipinski definition) is 0. The number of amides is 2. The standard InChI is InChI=1S/C23H27FN2O3/c1-29-20-10-7-18(8-11-20)17-23(28)26-14-4-13-25(15-16-26)22(27)12-9-19-5-2-3-6-21(19)24/h2-3,5-8,10-11H,4,9,12-17H2,1H3. The minimum absolute atomic E-state index is 0.0118. The molecule has 0 unspecified atom stereocenters. The molecule has 0 aliphatic carbocycles. The molecular weight excluding hydrogens is 371 g/mol. The van der Waals surface area contributed by atoms with Crippen molar-refractivity contribution in [3.63, 3.8) is 0 Å². The molecule has 1 aliphatic rings. The predicted octanol–water partition coefficient (Wildman–Crippen LogP) is 3.07. The molecule has 1 heterocycles. The number of rotatable bonds is 6. The van der Waals surface area contributed by atoms with Crippen LogP contribution in [0.1, 0.15) is 24.0 Å². The molecule has 2 amide bonds. The van der Waals surface area contributed by atoms with Crippen molar-refractivity contribution in [2.45, 2.75) is 25.7 Å². The average molecular weight is 398 g/mol. The molecule has 1 fully saturated rings. The van der Waals surface area contributed by atoms with Gasteiger partial charge in [-0.1, -0.05) is 30.3 Å². The Morgan fingerprint density at radius 3 is 2.24 bits per heavy atom. The SMILES string of the molecule is COc1ccc(CC(=O)N2CCCN(C(=O)CCc3ccccc3F)CC2)cc1. The van der Waals surface area contributed by atoms with E-state index in [0.29, 0.717) is 44.6 Å². The van der Waals surface area contributed by atoms with E-state index in [1.165, 1.54) is 6.07 Å². The Morgan fingerprint density at radius 1 is 0.931 bits per heavy atom. The topological polar surface area (TPSA) is 49.9 Å². The van der Waals surface area contributed by atoms with Gasteiger partial charge in [-0.3, -0.25) is 9.59 Å². The molecule has 154 valence electrons. The normalized spacial score (nSPS) is 14.4. The average Bonchev–Trinajstić information content (AvgIpc) is 3.00. The lowest BCUT2D eigenvalue weighted by Gasteiger charge is -2.22. The van der Waals surface area contributed by atoms with Crippen LogP contribution in [0.15, 0.2) is 48.5 Å². The number of aryl methyl sites for hydroxylation is 1. The summed E-state index contributed by atoms with van der Waals surface area (Å²) in [5, 5.41) is 0. The van der Waals surface area contributed by atoms with E-state index in [1.54, 1.807) is 30.2 Å². The Balaban J connectivity index is 1.49. The van der Waals surface area contributed by atoms with E-state index in [2.05, 4.69) is 0 Å². The van der Waals surface area contributed by atoms with Crippen molar-refractivity contribution in [1.29, 1.82) is 0 Å². The smallest absolute Gasteiger partial charge is 0.227 e. The van der Waals surface area contributed by atoms with Crippen molar-refractivity contribution >= 4 is 11.8 Å². The number of ether oxygens (including phenoxy) is 1. The van der Waals surface area contributed by atoms with Crippen molar-refractivity contribution in [3.05, 3.63) is 65.5 Å². The van der Waals surface area contributed by atoms with E-state index in [9.17, 15) is 14.0 Å². The van der Waals surface area contributed by atoms with E-state index in [-0.39, 0.29) is 24.1 Å². The molecule has 0 radical (unpaired) electrons. The van der Waals surface area contributed by atoms with Gasteiger partial charge in [0, 0.05) is 32.6 Å². The van der Waals surface area contributed by atoms with Crippen LogP contribution < -0.4 is 4.74 Å². The molecule has 2 aromatic rings. The van der Waals surface area contributed by atoms with Gasteiger partial charge in [0.15, 0.2) is 0 Å². The molecule has 0 bridgehead atoms. The van der Waals surface area contributed by atoms with E-state index in [1.807, 2.05) is 29.2 Å². The molecule has 1 saturated heterocycles. The summed E-state index contributed by atoms with van der Waals surface area (Å²) in [5.41, 5.74) is 1.50. The summed E-state index contributed by atoms with van der Waals surface area (Å²) in [5.74, 6) is 0.570. The fourth-order valence-corrected chi connectivity index (χ4v) is 3.55. The minimum atomic E-state index is -0.272. The molecule has 1 aliphatic heterocycles. The highest BCUT2D eigenvalue weighted by atomic mass is 19.1. The van der Waals surface area contributed by atoms with Gasteiger partial charge in [0.05, 0.1) is 13.5 Å². The second-order valence-electron chi connectivity index (χ2n) is 7.23. The maximum atomic E-state index is 13.7. The summed E-state index contributed by atoms with van der Waals surface area (Å²) in [6.07, 6.45) is 1.76. The molecule has 29 heavy (non-hydrogen) atoms. The minimum Gasteiger partial charge on any atom is -0.497 e. The van der Waals surface area contributed by atoms with Gasteiger partial charge in [-0.2, -0.15) is 0 Å². The highest BCUT2D eigenvalue weighted by molar-refractivity contribution is 5.79. The zero-order valence-electron chi connectivity index (χ0n) is 16.8.